The number of ether oxygens (including phenoxy) is 1. The van der Waals surface area contributed by atoms with E-state index in [4.69, 9.17) is 4.74 Å². The minimum absolute atomic E-state index is 0.0444. The van der Waals surface area contributed by atoms with Gasteiger partial charge >= 0.3 is 0 Å². The molecule has 242 valence electrons. The first-order valence-corrected chi connectivity index (χ1v) is 16.6. The summed E-state index contributed by atoms with van der Waals surface area (Å²) < 4.78 is 61.7. The van der Waals surface area contributed by atoms with Crippen LogP contribution in [0.25, 0.3) is 0 Å². The van der Waals surface area contributed by atoms with Gasteiger partial charge in [-0.15, -0.1) is 0 Å². The van der Waals surface area contributed by atoms with Crippen molar-refractivity contribution in [3.8, 4) is 0 Å². The molecular formula is C31H39F2N7O4S. The molecule has 3 aromatic rings. The number of amides is 1. The normalized spacial score (nSPS) is 20.6. The van der Waals surface area contributed by atoms with Gasteiger partial charge in [-0.05, 0) is 56.8 Å². The molecule has 0 radical (unpaired) electrons. The SMILES string of the molecule is CN1CCC[C@H]1CNc1cc(N2CCOCC2)ccc1C(=O)Nc1n[nH]c2c1CN(S(=O)(=O)c1cc(F)cc(F)c1)CC2(C)C. The maximum Gasteiger partial charge on any atom is 0.258 e. The van der Waals surface area contributed by atoms with Crippen molar-refractivity contribution in [1.29, 1.82) is 0 Å². The quantitative estimate of drug-likeness (QED) is 0.339. The van der Waals surface area contributed by atoms with E-state index in [-0.39, 0.29) is 18.9 Å². The van der Waals surface area contributed by atoms with Gasteiger partial charge in [-0.2, -0.15) is 9.40 Å². The van der Waals surface area contributed by atoms with E-state index in [1.165, 1.54) is 0 Å². The molecule has 0 spiro atoms. The molecule has 11 nitrogen and oxygen atoms in total. The van der Waals surface area contributed by atoms with Crippen LogP contribution in [0, 0.1) is 11.6 Å². The maximum atomic E-state index is 14.0. The zero-order chi connectivity index (χ0) is 31.9. The number of nitrogens with zero attached hydrogens (tertiary/aromatic N) is 4. The van der Waals surface area contributed by atoms with Crippen LogP contribution in [0.2, 0.25) is 0 Å². The molecular weight excluding hydrogens is 604 g/mol. The first kappa shape index (κ1) is 31.4. The van der Waals surface area contributed by atoms with Gasteiger partial charge in [-0.3, -0.25) is 9.89 Å². The smallest absolute Gasteiger partial charge is 0.258 e. The third kappa shape index (κ3) is 6.41. The number of benzene rings is 2. The number of nitrogens with one attached hydrogen (secondary N) is 3. The van der Waals surface area contributed by atoms with E-state index in [1.807, 2.05) is 26.0 Å². The van der Waals surface area contributed by atoms with Gasteiger partial charge in [0, 0.05) is 72.9 Å². The van der Waals surface area contributed by atoms with Gasteiger partial charge in [-0.1, -0.05) is 13.8 Å². The average Bonchev–Trinajstić information content (AvgIpc) is 3.61. The third-order valence-corrected chi connectivity index (χ3v) is 10.7. The molecule has 2 saturated heterocycles. The highest BCUT2D eigenvalue weighted by Crippen LogP contribution is 2.38. The van der Waals surface area contributed by atoms with Crippen molar-refractivity contribution in [2.75, 3.05) is 68.5 Å². The molecule has 4 heterocycles. The molecule has 3 aliphatic rings. The summed E-state index contributed by atoms with van der Waals surface area (Å²) in [5.41, 5.74) is 2.55. The number of likely N-dealkylation sites (N-methyl/N-ethyl adjacent to an activating group) is 1. The average molecular weight is 644 g/mol. The molecule has 1 aromatic heterocycles. The van der Waals surface area contributed by atoms with Gasteiger partial charge in [0.05, 0.1) is 23.7 Å². The van der Waals surface area contributed by atoms with Crippen LogP contribution in [0.15, 0.2) is 41.3 Å². The van der Waals surface area contributed by atoms with Crippen molar-refractivity contribution >= 4 is 33.1 Å². The van der Waals surface area contributed by atoms with Crippen molar-refractivity contribution < 1.29 is 26.7 Å². The molecule has 0 saturated carbocycles. The molecule has 3 N–H and O–H groups in total. The highest BCUT2D eigenvalue weighted by atomic mass is 32.2. The van der Waals surface area contributed by atoms with Crippen LogP contribution in [0.4, 0.5) is 26.0 Å². The lowest BCUT2D eigenvalue weighted by Gasteiger charge is -2.36. The molecule has 0 bridgehead atoms. The van der Waals surface area contributed by atoms with Crippen LogP contribution in [-0.4, -0.2) is 92.8 Å². The van der Waals surface area contributed by atoms with Crippen molar-refractivity contribution in [3.63, 3.8) is 0 Å². The van der Waals surface area contributed by atoms with Gasteiger partial charge in [0.15, 0.2) is 5.82 Å². The Bertz CT molecular complexity index is 1670. The largest absolute Gasteiger partial charge is 0.383 e. The second-order valence-corrected chi connectivity index (χ2v) is 14.6. The van der Waals surface area contributed by atoms with Crippen molar-refractivity contribution in [1.82, 2.24) is 19.4 Å². The molecule has 14 heteroatoms. The molecule has 0 aliphatic carbocycles. The third-order valence-electron chi connectivity index (χ3n) is 8.98. The molecule has 2 fully saturated rings. The summed E-state index contributed by atoms with van der Waals surface area (Å²) >= 11 is 0. The summed E-state index contributed by atoms with van der Waals surface area (Å²) in [5.74, 6) is -2.16. The molecule has 6 rings (SSSR count). The van der Waals surface area contributed by atoms with Crippen molar-refractivity contribution in [2.45, 2.75) is 49.6 Å². The van der Waals surface area contributed by atoms with E-state index in [1.54, 1.807) is 6.07 Å². The van der Waals surface area contributed by atoms with Gasteiger partial charge < -0.3 is 25.2 Å². The number of carbonyl (C=O) groups is 1. The molecule has 1 amide bonds. The summed E-state index contributed by atoms with van der Waals surface area (Å²) in [6, 6.07) is 8.29. The monoisotopic (exact) mass is 643 g/mol. The van der Waals surface area contributed by atoms with Crippen LogP contribution in [0.3, 0.4) is 0 Å². The number of carbonyl (C=O) groups excluding carboxylic acids is 1. The van der Waals surface area contributed by atoms with E-state index in [2.05, 4.69) is 37.7 Å². The fourth-order valence-corrected chi connectivity index (χ4v) is 8.08. The first-order chi connectivity index (χ1) is 21.4. The first-order valence-electron chi connectivity index (χ1n) is 15.2. The number of aromatic nitrogens is 2. The highest BCUT2D eigenvalue weighted by Gasteiger charge is 2.41. The van der Waals surface area contributed by atoms with E-state index in [0.717, 1.165) is 54.6 Å². The lowest BCUT2D eigenvalue weighted by molar-refractivity contribution is 0.102. The zero-order valence-electron chi connectivity index (χ0n) is 25.7. The minimum atomic E-state index is -4.27. The Labute approximate surface area is 262 Å². The van der Waals surface area contributed by atoms with Crippen LogP contribution >= 0.6 is 0 Å². The molecule has 45 heavy (non-hydrogen) atoms. The number of fused-ring (bicyclic) bond motifs is 1. The Morgan fingerprint density at radius 2 is 1.84 bits per heavy atom. The number of sulfonamides is 1. The molecule has 3 aliphatic heterocycles. The van der Waals surface area contributed by atoms with Crippen LogP contribution in [0.1, 0.15) is 48.3 Å². The lowest BCUT2D eigenvalue weighted by Crippen LogP contribution is -2.45. The number of likely N-dealkylation sites (tertiary alicyclic amines) is 1. The number of H-pyrrole nitrogens is 1. The second kappa shape index (κ2) is 12.3. The number of morpholine rings is 1. The summed E-state index contributed by atoms with van der Waals surface area (Å²) in [7, 11) is -2.16. The van der Waals surface area contributed by atoms with E-state index < -0.39 is 37.9 Å². The van der Waals surface area contributed by atoms with Crippen LogP contribution < -0.4 is 15.5 Å². The number of hydrogen-bond acceptors (Lipinski definition) is 8. The number of rotatable bonds is 8. The number of hydrogen-bond donors (Lipinski definition) is 3. The van der Waals surface area contributed by atoms with E-state index in [0.29, 0.717) is 54.4 Å². The van der Waals surface area contributed by atoms with Crippen molar-refractivity contribution in [3.05, 3.63) is 64.9 Å². The van der Waals surface area contributed by atoms with Gasteiger partial charge in [0.25, 0.3) is 5.91 Å². The van der Waals surface area contributed by atoms with E-state index in [9.17, 15) is 22.0 Å². The summed E-state index contributed by atoms with van der Waals surface area (Å²) in [6.45, 7) is 8.10. The fraction of sp³-hybridized carbons (Fsp3) is 0.484. The number of halogens is 2. The Morgan fingerprint density at radius 1 is 1.11 bits per heavy atom. The summed E-state index contributed by atoms with van der Waals surface area (Å²) in [4.78, 5) is 17.9. The number of aromatic amines is 1. The molecule has 0 unspecified atom stereocenters. The Balaban J connectivity index is 1.28. The van der Waals surface area contributed by atoms with Crippen molar-refractivity contribution in [2.24, 2.45) is 0 Å². The maximum absolute atomic E-state index is 14.0. The second-order valence-electron chi connectivity index (χ2n) is 12.6. The predicted octanol–water partition coefficient (Wildman–Crippen LogP) is 3.77. The topological polar surface area (TPSA) is 123 Å². The Morgan fingerprint density at radius 3 is 2.53 bits per heavy atom. The fourth-order valence-electron chi connectivity index (χ4n) is 6.47. The van der Waals surface area contributed by atoms with Gasteiger partial charge in [-0.25, -0.2) is 17.2 Å². The van der Waals surface area contributed by atoms with Crippen LogP contribution in [-0.2, 0) is 26.7 Å². The Hall–Kier alpha value is -3.59. The lowest BCUT2D eigenvalue weighted by atomic mass is 9.84. The van der Waals surface area contributed by atoms with Gasteiger partial charge in [0.1, 0.15) is 11.6 Å². The minimum Gasteiger partial charge on any atom is -0.383 e. The molecule has 2 aromatic carbocycles. The van der Waals surface area contributed by atoms with E-state index >= 15 is 0 Å². The highest BCUT2D eigenvalue weighted by molar-refractivity contribution is 7.89. The van der Waals surface area contributed by atoms with Crippen LogP contribution in [0.5, 0.6) is 0 Å². The Kier molecular flexibility index (Phi) is 8.59. The summed E-state index contributed by atoms with van der Waals surface area (Å²) in [6.07, 6.45) is 2.20. The molecule has 1 atom stereocenters. The zero-order valence-corrected chi connectivity index (χ0v) is 26.5. The van der Waals surface area contributed by atoms with Gasteiger partial charge in [0.2, 0.25) is 10.0 Å². The predicted molar refractivity (Wildman–Crippen MR) is 167 cm³/mol. The summed E-state index contributed by atoms with van der Waals surface area (Å²) in [5, 5.41) is 13.8. The number of anilines is 3. The standard InChI is InChI=1S/C31H39F2N7O4S/c1-31(2)19-40(45(42,43)24-14-20(32)13-21(33)15-24)18-26-28(31)36-37-29(26)35-30(41)25-7-6-22(39-9-11-44-12-10-39)16-27(25)34-17-23-5-4-8-38(23)3/h6-7,13-16,23,34H,4-5,8-12,17-19H2,1-3H3,(H2,35,36,37,41)/t23-/m0/s1.